The topological polar surface area (TPSA) is 90.9 Å². The maximum atomic E-state index is 12.0. The first kappa shape index (κ1) is 24.7. The Hall–Kier alpha value is -2.58. The first-order valence-corrected chi connectivity index (χ1v) is 12.2. The SMILES string of the molecule is CCOC(=O)[C@H](Cc1ccc(NCCCc2cccc(OS(C)(=O)=O)c2)cc1)OCC. The normalized spacial score (nSPS) is 12.2. The van der Waals surface area contributed by atoms with Crippen LogP contribution in [-0.2, 0) is 37.2 Å². The number of carbonyl (C=O) groups is 1. The van der Waals surface area contributed by atoms with Crippen molar-refractivity contribution in [3.63, 3.8) is 0 Å². The maximum absolute atomic E-state index is 12.0. The summed E-state index contributed by atoms with van der Waals surface area (Å²) >= 11 is 0. The summed E-state index contributed by atoms with van der Waals surface area (Å²) < 4.78 is 38.0. The highest BCUT2D eigenvalue weighted by Gasteiger charge is 2.20. The zero-order chi connectivity index (χ0) is 22.7. The number of hydrogen-bond acceptors (Lipinski definition) is 7. The number of hydrogen-bond donors (Lipinski definition) is 1. The lowest BCUT2D eigenvalue weighted by molar-refractivity contribution is -0.156. The number of aryl methyl sites for hydroxylation is 1. The van der Waals surface area contributed by atoms with E-state index in [4.69, 9.17) is 13.7 Å². The van der Waals surface area contributed by atoms with Crippen LogP contribution < -0.4 is 9.50 Å². The zero-order valence-corrected chi connectivity index (χ0v) is 19.1. The van der Waals surface area contributed by atoms with E-state index >= 15 is 0 Å². The van der Waals surface area contributed by atoms with Crippen LogP contribution in [0.4, 0.5) is 5.69 Å². The summed E-state index contributed by atoms with van der Waals surface area (Å²) in [5.41, 5.74) is 3.00. The number of esters is 1. The Balaban J connectivity index is 1.81. The maximum Gasteiger partial charge on any atom is 0.335 e. The number of ether oxygens (including phenoxy) is 2. The first-order valence-electron chi connectivity index (χ1n) is 10.4. The van der Waals surface area contributed by atoms with Crippen molar-refractivity contribution in [3.8, 4) is 5.75 Å². The third-order valence-electron chi connectivity index (χ3n) is 4.41. The number of rotatable bonds is 13. The fraction of sp³-hybridized carbons (Fsp3) is 0.435. The Morgan fingerprint density at radius 2 is 1.77 bits per heavy atom. The zero-order valence-electron chi connectivity index (χ0n) is 18.3. The summed E-state index contributed by atoms with van der Waals surface area (Å²) in [5, 5.41) is 3.37. The monoisotopic (exact) mass is 449 g/mol. The molecule has 2 rings (SSSR count). The molecule has 0 amide bonds. The van der Waals surface area contributed by atoms with Crippen LogP contribution in [0.5, 0.6) is 5.75 Å². The molecule has 2 aromatic carbocycles. The van der Waals surface area contributed by atoms with Gasteiger partial charge in [-0.1, -0.05) is 24.3 Å². The van der Waals surface area contributed by atoms with Gasteiger partial charge in [-0.3, -0.25) is 0 Å². The van der Waals surface area contributed by atoms with Crippen molar-refractivity contribution >= 4 is 21.8 Å². The fourth-order valence-electron chi connectivity index (χ4n) is 3.07. The van der Waals surface area contributed by atoms with Crippen molar-refractivity contribution in [1.82, 2.24) is 0 Å². The molecule has 0 saturated heterocycles. The third kappa shape index (κ3) is 9.40. The quantitative estimate of drug-likeness (QED) is 0.284. The predicted molar refractivity (Wildman–Crippen MR) is 121 cm³/mol. The Bertz CT molecular complexity index is 927. The van der Waals surface area contributed by atoms with Crippen molar-refractivity contribution in [2.45, 2.75) is 39.2 Å². The van der Waals surface area contributed by atoms with Gasteiger partial charge in [-0.25, -0.2) is 4.79 Å². The minimum Gasteiger partial charge on any atom is -0.464 e. The average Bonchev–Trinajstić information content (AvgIpc) is 2.71. The molecule has 0 heterocycles. The van der Waals surface area contributed by atoms with Gasteiger partial charge < -0.3 is 19.0 Å². The van der Waals surface area contributed by atoms with E-state index in [2.05, 4.69) is 5.32 Å². The summed E-state index contributed by atoms with van der Waals surface area (Å²) in [6.45, 7) is 5.18. The van der Waals surface area contributed by atoms with Gasteiger partial charge in [-0.05, 0) is 62.1 Å². The van der Waals surface area contributed by atoms with E-state index in [1.54, 1.807) is 25.1 Å². The van der Waals surface area contributed by atoms with E-state index in [1.807, 2.05) is 37.3 Å². The van der Waals surface area contributed by atoms with Gasteiger partial charge in [0, 0.05) is 25.3 Å². The second kappa shape index (κ2) is 12.3. The van der Waals surface area contributed by atoms with Crippen molar-refractivity contribution in [1.29, 1.82) is 0 Å². The highest BCUT2D eigenvalue weighted by atomic mass is 32.2. The summed E-state index contributed by atoms with van der Waals surface area (Å²) in [5.74, 6) is -0.00530. The molecule has 0 radical (unpaired) electrons. The number of anilines is 1. The van der Waals surface area contributed by atoms with Crippen molar-refractivity contribution in [2.75, 3.05) is 31.3 Å². The van der Waals surface area contributed by atoms with Crippen LogP contribution >= 0.6 is 0 Å². The molecule has 0 aromatic heterocycles. The second-order valence-corrected chi connectivity index (χ2v) is 8.64. The Kier molecular flexibility index (Phi) is 9.81. The lowest BCUT2D eigenvalue weighted by atomic mass is 10.1. The summed E-state index contributed by atoms with van der Waals surface area (Å²) in [7, 11) is -3.52. The highest BCUT2D eigenvalue weighted by Crippen LogP contribution is 2.17. The molecule has 0 aliphatic carbocycles. The van der Waals surface area contributed by atoms with Gasteiger partial charge in [-0.15, -0.1) is 0 Å². The van der Waals surface area contributed by atoms with Gasteiger partial charge in [0.2, 0.25) is 0 Å². The highest BCUT2D eigenvalue weighted by molar-refractivity contribution is 7.86. The van der Waals surface area contributed by atoms with E-state index in [1.165, 1.54) is 0 Å². The van der Waals surface area contributed by atoms with Gasteiger partial charge in [-0.2, -0.15) is 8.42 Å². The molecule has 31 heavy (non-hydrogen) atoms. The minimum atomic E-state index is -3.52. The summed E-state index contributed by atoms with van der Waals surface area (Å²) in [6.07, 6.45) is 2.58. The van der Waals surface area contributed by atoms with E-state index in [0.717, 1.165) is 42.5 Å². The third-order valence-corrected chi connectivity index (χ3v) is 4.90. The lowest BCUT2D eigenvalue weighted by Gasteiger charge is -2.16. The van der Waals surface area contributed by atoms with E-state index in [0.29, 0.717) is 25.4 Å². The molecule has 0 spiro atoms. The molecule has 1 N–H and O–H groups in total. The van der Waals surface area contributed by atoms with Crippen LogP contribution in [0.2, 0.25) is 0 Å². The Morgan fingerprint density at radius 3 is 2.42 bits per heavy atom. The van der Waals surface area contributed by atoms with Crippen LogP contribution in [0.25, 0.3) is 0 Å². The van der Waals surface area contributed by atoms with Crippen molar-refractivity contribution in [2.24, 2.45) is 0 Å². The van der Waals surface area contributed by atoms with Crippen LogP contribution in [0.15, 0.2) is 48.5 Å². The standard InChI is InChI=1S/C23H31NO6S/c1-4-28-22(23(25)29-5-2)17-19-11-13-20(14-12-19)24-15-7-9-18-8-6-10-21(16-18)30-31(3,26)27/h6,8,10-14,16,22,24H,4-5,7,9,15,17H2,1-3H3/t22-/m0/s1. The molecule has 170 valence electrons. The van der Waals surface area contributed by atoms with E-state index in [-0.39, 0.29) is 5.97 Å². The number of nitrogens with one attached hydrogen (secondary N) is 1. The average molecular weight is 450 g/mol. The number of benzene rings is 2. The van der Waals surface area contributed by atoms with E-state index in [9.17, 15) is 13.2 Å². The summed E-state index contributed by atoms with van der Waals surface area (Å²) in [6, 6.07) is 15.0. The molecular weight excluding hydrogens is 418 g/mol. The molecule has 7 nitrogen and oxygen atoms in total. The minimum absolute atomic E-state index is 0.330. The largest absolute Gasteiger partial charge is 0.464 e. The van der Waals surface area contributed by atoms with Crippen LogP contribution in [0.3, 0.4) is 0 Å². The molecule has 0 bridgehead atoms. The molecule has 1 atom stereocenters. The van der Waals surface area contributed by atoms with Crippen molar-refractivity contribution in [3.05, 3.63) is 59.7 Å². The van der Waals surface area contributed by atoms with Gasteiger partial charge in [0.25, 0.3) is 0 Å². The fourth-order valence-corrected chi connectivity index (χ4v) is 3.53. The molecule has 0 fully saturated rings. The smallest absolute Gasteiger partial charge is 0.335 e. The molecule has 0 unspecified atom stereocenters. The molecule has 2 aromatic rings. The molecule has 0 saturated carbocycles. The number of carbonyl (C=O) groups excluding carboxylic acids is 1. The molecule has 0 aliphatic heterocycles. The molecular formula is C23H31NO6S. The Morgan fingerprint density at radius 1 is 1.03 bits per heavy atom. The molecule has 0 aliphatic rings. The lowest BCUT2D eigenvalue weighted by Crippen LogP contribution is -2.28. The first-order chi connectivity index (χ1) is 14.8. The Labute approximate surface area is 184 Å². The van der Waals surface area contributed by atoms with Gasteiger partial charge in [0.1, 0.15) is 5.75 Å². The second-order valence-electron chi connectivity index (χ2n) is 7.06. The van der Waals surface area contributed by atoms with Gasteiger partial charge in [0.05, 0.1) is 12.9 Å². The van der Waals surface area contributed by atoms with Crippen LogP contribution in [-0.4, -0.2) is 46.5 Å². The summed E-state index contributed by atoms with van der Waals surface area (Å²) in [4.78, 5) is 12.0. The van der Waals surface area contributed by atoms with Gasteiger partial charge >= 0.3 is 16.1 Å². The predicted octanol–water partition coefficient (Wildman–Crippen LogP) is 3.58. The molecule has 8 heteroatoms. The van der Waals surface area contributed by atoms with Crippen LogP contribution in [0.1, 0.15) is 31.4 Å². The van der Waals surface area contributed by atoms with Gasteiger partial charge in [0.15, 0.2) is 6.10 Å². The van der Waals surface area contributed by atoms with E-state index < -0.39 is 16.2 Å². The van der Waals surface area contributed by atoms with Crippen molar-refractivity contribution < 1.29 is 26.9 Å². The van der Waals surface area contributed by atoms with Crippen LogP contribution in [0, 0.1) is 0 Å².